The van der Waals surface area contributed by atoms with Crippen LogP contribution in [0.5, 0.6) is 0 Å². The van der Waals surface area contributed by atoms with Crippen molar-refractivity contribution in [2.75, 3.05) is 13.1 Å². The van der Waals surface area contributed by atoms with Gasteiger partial charge in [-0.25, -0.2) is 4.79 Å². The molecule has 2 atom stereocenters. The maximum atomic E-state index is 12.3. The van der Waals surface area contributed by atoms with Crippen molar-refractivity contribution < 1.29 is 14.7 Å². The minimum Gasteiger partial charge on any atom is -0.478 e. The van der Waals surface area contributed by atoms with Gasteiger partial charge in [0.15, 0.2) is 0 Å². The van der Waals surface area contributed by atoms with Crippen LogP contribution in [0.3, 0.4) is 0 Å². The molecule has 106 valence electrons. The largest absolute Gasteiger partial charge is 0.478 e. The number of rotatable bonds is 3. The van der Waals surface area contributed by atoms with Crippen molar-refractivity contribution in [1.82, 2.24) is 15.2 Å². The number of hydrogen-bond donors (Lipinski definition) is 2. The Morgan fingerprint density at radius 1 is 1.35 bits per heavy atom. The predicted molar refractivity (Wildman–Crippen MR) is 71.7 cm³/mol. The molecular weight excluding hydrogens is 258 g/mol. The van der Waals surface area contributed by atoms with E-state index in [-0.39, 0.29) is 23.2 Å². The van der Waals surface area contributed by atoms with Crippen LogP contribution in [-0.4, -0.2) is 52.0 Å². The molecule has 2 saturated heterocycles. The number of fused-ring (bicyclic) bond motifs is 1. The zero-order valence-corrected chi connectivity index (χ0v) is 11.1. The van der Waals surface area contributed by atoms with Gasteiger partial charge in [0, 0.05) is 24.8 Å². The Labute approximate surface area is 116 Å². The van der Waals surface area contributed by atoms with Gasteiger partial charge in [-0.2, -0.15) is 0 Å². The third kappa shape index (κ3) is 2.27. The van der Waals surface area contributed by atoms with Gasteiger partial charge >= 0.3 is 5.97 Å². The monoisotopic (exact) mass is 275 g/mol. The molecule has 0 saturated carbocycles. The second-order valence-electron chi connectivity index (χ2n) is 5.32. The zero-order valence-electron chi connectivity index (χ0n) is 11.1. The van der Waals surface area contributed by atoms with E-state index in [0.29, 0.717) is 6.04 Å². The smallest absolute Gasteiger partial charge is 0.338 e. The van der Waals surface area contributed by atoms with Crippen molar-refractivity contribution in [3.63, 3.8) is 0 Å². The van der Waals surface area contributed by atoms with Crippen molar-refractivity contribution in [1.29, 1.82) is 0 Å². The number of aromatic nitrogens is 1. The van der Waals surface area contributed by atoms with Gasteiger partial charge in [-0.1, -0.05) is 0 Å². The van der Waals surface area contributed by atoms with Gasteiger partial charge in [-0.15, -0.1) is 0 Å². The predicted octanol–water partition coefficient (Wildman–Crippen LogP) is 0.746. The fourth-order valence-electron chi connectivity index (χ4n) is 3.25. The zero-order chi connectivity index (χ0) is 14.1. The molecule has 6 nitrogen and oxygen atoms in total. The highest BCUT2D eigenvalue weighted by atomic mass is 16.4. The number of nitrogens with zero attached hydrogens (tertiary/aromatic N) is 2. The third-order valence-corrected chi connectivity index (χ3v) is 4.18. The van der Waals surface area contributed by atoms with Crippen molar-refractivity contribution in [3.05, 3.63) is 29.6 Å². The molecule has 0 bridgehead atoms. The van der Waals surface area contributed by atoms with Crippen molar-refractivity contribution in [3.8, 4) is 0 Å². The van der Waals surface area contributed by atoms with Crippen molar-refractivity contribution in [2.45, 2.75) is 31.3 Å². The first-order valence-corrected chi connectivity index (χ1v) is 6.90. The first-order chi connectivity index (χ1) is 9.66. The van der Waals surface area contributed by atoms with E-state index < -0.39 is 5.97 Å². The number of hydrogen-bond acceptors (Lipinski definition) is 4. The Morgan fingerprint density at radius 3 is 3.00 bits per heavy atom. The van der Waals surface area contributed by atoms with Crippen LogP contribution in [0.4, 0.5) is 0 Å². The fraction of sp³-hybridized carbons (Fsp3) is 0.500. The van der Waals surface area contributed by atoms with E-state index in [9.17, 15) is 9.59 Å². The van der Waals surface area contributed by atoms with E-state index in [1.807, 2.05) is 0 Å². The van der Waals surface area contributed by atoms with Crippen molar-refractivity contribution in [2.24, 2.45) is 0 Å². The lowest BCUT2D eigenvalue weighted by atomic mass is 10.1. The average molecular weight is 275 g/mol. The average Bonchev–Trinajstić information content (AvgIpc) is 3.03. The van der Waals surface area contributed by atoms with Crippen LogP contribution in [0.1, 0.15) is 40.1 Å². The second kappa shape index (κ2) is 5.20. The number of pyridine rings is 1. The topological polar surface area (TPSA) is 82.5 Å². The Balaban J connectivity index is 1.75. The van der Waals surface area contributed by atoms with E-state index in [1.54, 1.807) is 0 Å². The van der Waals surface area contributed by atoms with Crippen LogP contribution in [-0.2, 0) is 0 Å². The summed E-state index contributed by atoms with van der Waals surface area (Å²) >= 11 is 0. The highest BCUT2D eigenvalue weighted by molar-refractivity contribution is 6.03. The van der Waals surface area contributed by atoms with Crippen LogP contribution in [0.2, 0.25) is 0 Å². The molecule has 1 aromatic rings. The number of carboxylic acid groups (broad SMARTS) is 1. The summed E-state index contributed by atoms with van der Waals surface area (Å²) in [5.41, 5.74) is -0.0530. The quantitative estimate of drug-likeness (QED) is 0.850. The Kier molecular flexibility index (Phi) is 3.40. The van der Waals surface area contributed by atoms with Crippen molar-refractivity contribution >= 4 is 11.9 Å². The van der Waals surface area contributed by atoms with E-state index in [2.05, 4.69) is 15.2 Å². The van der Waals surface area contributed by atoms with Crippen LogP contribution in [0, 0.1) is 0 Å². The van der Waals surface area contributed by atoms with Crippen LogP contribution >= 0.6 is 0 Å². The summed E-state index contributed by atoms with van der Waals surface area (Å²) in [6, 6.07) is 3.43. The van der Waals surface area contributed by atoms with Crippen LogP contribution in [0.15, 0.2) is 18.3 Å². The molecule has 0 aromatic carbocycles. The summed E-state index contributed by atoms with van der Waals surface area (Å²) in [5.74, 6) is -1.51. The molecule has 1 amide bonds. The van der Waals surface area contributed by atoms with Gasteiger partial charge in [-0.3, -0.25) is 14.7 Å². The maximum absolute atomic E-state index is 12.3. The molecule has 1 aromatic heterocycles. The number of carbonyl (C=O) groups is 2. The maximum Gasteiger partial charge on any atom is 0.338 e. The molecule has 0 spiro atoms. The molecule has 3 heterocycles. The summed E-state index contributed by atoms with van der Waals surface area (Å²) in [6.45, 7) is 2.10. The molecule has 20 heavy (non-hydrogen) atoms. The summed E-state index contributed by atoms with van der Waals surface area (Å²) in [4.78, 5) is 29.7. The van der Waals surface area contributed by atoms with Gasteiger partial charge in [0.25, 0.3) is 5.91 Å². The van der Waals surface area contributed by atoms with E-state index in [0.717, 1.165) is 25.9 Å². The third-order valence-electron chi connectivity index (χ3n) is 4.18. The van der Waals surface area contributed by atoms with Gasteiger partial charge in [0.2, 0.25) is 0 Å². The molecule has 2 N–H and O–H groups in total. The molecule has 2 aliphatic heterocycles. The molecule has 3 rings (SSSR count). The highest BCUT2D eigenvalue weighted by Gasteiger charge is 2.38. The number of nitrogens with one attached hydrogen (secondary N) is 1. The first-order valence-electron chi connectivity index (χ1n) is 6.90. The molecule has 2 fully saturated rings. The SMILES string of the molecule is O=C(O)c1cccnc1C(=O)NC1CCN2CCCC12. The van der Waals surface area contributed by atoms with Gasteiger partial charge in [-0.05, 0) is 37.9 Å². The molecule has 0 aliphatic carbocycles. The van der Waals surface area contributed by atoms with Gasteiger partial charge in [0.05, 0.1) is 5.56 Å². The van der Waals surface area contributed by atoms with E-state index in [4.69, 9.17) is 5.11 Å². The Hall–Kier alpha value is -1.95. The summed E-state index contributed by atoms with van der Waals surface area (Å²) in [5, 5.41) is 12.1. The number of amides is 1. The first kappa shape index (κ1) is 13.1. The molecule has 0 radical (unpaired) electrons. The summed E-state index contributed by atoms with van der Waals surface area (Å²) in [7, 11) is 0. The highest BCUT2D eigenvalue weighted by Crippen LogP contribution is 2.28. The molecular formula is C14H17N3O3. The summed E-state index contributed by atoms with van der Waals surface area (Å²) < 4.78 is 0. The lowest BCUT2D eigenvalue weighted by Gasteiger charge is -2.21. The minimum absolute atomic E-state index is 0.00329. The minimum atomic E-state index is -1.13. The van der Waals surface area contributed by atoms with Gasteiger partial charge in [0.1, 0.15) is 5.69 Å². The molecule has 6 heteroatoms. The normalized spacial score (nSPS) is 25.4. The van der Waals surface area contributed by atoms with Gasteiger partial charge < -0.3 is 10.4 Å². The second-order valence-corrected chi connectivity index (χ2v) is 5.32. The number of carbonyl (C=O) groups excluding carboxylic acids is 1. The lowest BCUT2D eigenvalue weighted by molar-refractivity contribution is 0.0689. The van der Waals surface area contributed by atoms with Crippen LogP contribution in [0.25, 0.3) is 0 Å². The Bertz CT molecular complexity index is 546. The standard InChI is InChI=1S/C14H17N3O3/c18-13(12-9(14(19)20)3-1-6-15-12)16-10-5-8-17-7-2-4-11(10)17/h1,3,6,10-11H,2,4-5,7-8H2,(H,16,18)(H,19,20). The Morgan fingerprint density at radius 2 is 2.20 bits per heavy atom. The van der Waals surface area contributed by atoms with E-state index >= 15 is 0 Å². The van der Waals surface area contributed by atoms with E-state index in [1.165, 1.54) is 24.8 Å². The van der Waals surface area contributed by atoms with Crippen LogP contribution < -0.4 is 5.32 Å². The molecule has 2 aliphatic rings. The number of aromatic carboxylic acids is 1. The molecule has 2 unspecified atom stereocenters. The lowest BCUT2D eigenvalue weighted by Crippen LogP contribution is -2.43. The number of carboxylic acids is 1. The fourth-order valence-corrected chi connectivity index (χ4v) is 3.25. The summed E-state index contributed by atoms with van der Waals surface area (Å²) in [6.07, 6.45) is 4.63.